The molecular weight excluding hydrogens is 415 g/mol. The van der Waals surface area contributed by atoms with E-state index in [1.165, 1.54) is 18.4 Å². The lowest BCUT2D eigenvalue weighted by Crippen LogP contribution is -2.55. The third-order valence-electron chi connectivity index (χ3n) is 5.89. The second kappa shape index (κ2) is 11.2. The molecule has 9 heteroatoms. The first-order chi connectivity index (χ1) is 13.2. The molecule has 1 atom stereocenters. The molecule has 7 nitrogen and oxygen atoms in total. The van der Waals surface area contributed by atoms with E-state index in [2.05, 4.69) is 32.1 Å². The van der Waals surface area contributed by atoms with Crippen molar-refractivity contribution >= 4 is 30.7 Å². The maximum absolute atomic E-state index is 11.7. The summed E-state index contributed by atoms with van der Waals surface area (Å²) < 4.78 is 10.9. The molecule has 0 bridgehead atoms. The van der Waals surface area contributed by atoms with Crippen molar-refractivity contribution in [3.05, 3.63) is 23.8 Å². The number of benzene rings is 1. The number of halogens is 2. The van der Waals surface area contributed by atoms with E-state index in [4.69, 9.17) is 9.47 Å². The molecule has 29 heavy (non-hydrogen) atoms. The minimum Gasteiger partial charge on any atom is -0.454 e. The molecule has 2 saturated heterocycles. The average molecular weight is 447 g/mol. The van der Waals surface area contributed by atoms with E-state index in [-0.39, 0.29) is 30.7 Å². The van der Waals surface area contributed by atoms with Gasteiger partial charge in [-0.15, -0.1) is 24.8 Å². The van der Waals surface area contributed by atoms with E-state index in [1.54, 1.807) is 7.05 Å². The van der Waals surface area contributed by atoms with Crippen LogP contribution >= 0.6 is 24.8 Å². The molecule has 0 radical (unpaired) electrons. The zero-order valence-electron chi connectivity index (χ0n) is 17.0. The number of hydrogen-bond acceptors (Lipinski definition) is 6. The minimum atomic E-state index is 0. The molecule has 1 N–H and O–H groups in total. The highest BCUT2D eigenvalue weighted by Gasteiger charge is 2.28. The van der Waals surface area contributed by atoms with Crippen molar-refractivity contribution in [2.75, 3.05) is 59.7 Å². The number of likely N-dealkylation sites (N-methyl/N-ethyl adjacent to an activating group) is 1. The van der Waals surface area contributed by atoms with Gasteiger partial charge in [-0.05, 0) is 37.1 Å². The highest BCUT2D eigenvalue weighted by Crippen LogP contribution is 2.33. The van der Waals surface area contributed by atoms with Crippen LogP contribution in [-0.4, -0.2) is 86.3 Å². The molecule has 3 aliphatic heterocycles. The monoisotopic (exact) mass is 446 g/mol. The Hall–Kier alpha value is -1.25. The molecule has 1 aromatic carbocycles. The molecule has 0 spiro atoms. The fraction of sp³-hybridized carbons (Fsp3) is 0.650. The number of fused-ring (bicyclic) bond motifs is 1. The molecule has 1 aromatic rings. The lowest BCUT2D eigenvalue weighted by Gasteiger charge is -2.43. The van der Waals surface area contributed by atoms with Crippen molar-refractivity contribution in [3.63, 3.8) is 0 Å². The van der Waals surface area contributed by atoms with Gasteiger partial charge in [-0.2, -0.15) is 0 Å². The average Bonchev–Trinajstić information content (AvgIpc) is 3.16. The first-order valence-corrected chi connectivity index (χ1v) is 9.99. The number of nitrogens with zero attached hydrogens (tertiary/aromatic N) is 3. The third-order valence-corrected chi connectivity index (χ3v) is 5.89. The first kappa shape index (κ1) is 24.0. The van der Waals surface area contributed by atoms with Gasteiger partial charge in [-0.1, -0.05) is 6.07 Å². The molecule has 1 amide bonds. The fourth-order valence-electron chi connectivity index (χ4n) is 4.34. The minimum absolute atomic E-state index is 0. The Morgan fingerprint density at radius 1 is 1.07 bits per heavy atom. The molecule has 2 fully saturated rings. The lowest BCUT2D eigenvalue weighted by molar-refractivity contribution is -0.122. The summed E-state index contributed by atoms with van der Waals surface area (Å²) in [4.78, 5) is 19.1. The Labute approximate surface area is 185 Å². The summed E-state index contributed by atoms with van der Waals surface area (Å²) in [6, 6.07) is 6.83. The van der Waals surface area contributed by atoms with Gasteiger partial charge in [-0.25, -0.2) is 0 Å². The maximum atomic E-state index is 11.7. The molecule has 3 aliphatic rings. The number of hydrogen-bond donors (Lipinski definition) is 1. The zero-order valence-corrected chi connectivity index (χ0v) is 18.6. The van der Waals surface area contributed by atoms with Crippen molar-refractivity contribution in [3.8, 4) is 11.5 Å². The number of likely N-dealkylation sites (tertiary alicyclic amines) is 1. The summed E-state index contributed by atoms with van der Waals surface area (Å²) in [6.45, 7) is 8.22. The van der Waals surface area contributed by atoms with Crippen LogP contribution in [0.4, 0.5) is 0 Å². The van der Waals surface area contributed by atoms with Gasteiger partial charge in [0.25, 0.3) is 0 Å². The highest BCUT2D eigenvalue weighted by molar-refractivity contribution is 5.85. The van der Waals surface area contributed by atoms with Gasteiger partial charge >= 0.3 is 0 Å². The van der Waals surface area contributed by atoms with Crippen LogP contribution in [0.25, 0.3) is 0 Å². The Morgan fingerprint density at radius 2 is 1.83 bits per heavy atom. The Bertz CT molecular complexity index is 671. The fourth-order valence-corrected chi connectivity index (χ4v) is 4.34. The summed E-state index contributed by atoms with van der Waals surface area (Å²) in [5.41, 5.74) is 1.28. The van der Waals surface area contributed by atoms with Crippen LogP contribution in [0.5, 0.6) is 11.5 Å². The number of carbonyl (C=O) groups excluding carboxylic acids is 1. The van der Waals surface area contributed by atoms with E-state index in [1.807, 2.05) is 6.07 Å². The largest absolute Gasteiger partial charge is 0.454 e. The molecule has 0 aromatic heterocycles. The van der Waals surface area contributed by atoms with Crippen LogP contribution in [0, 0.1) is 0 Å². The smallest absolute Gasteiger partial charge is 0.233 e. The summed E-state index contributed by atoms with van der Waals surface area (Å²) in [5.74, 6) is 1.83. The third kappa shape index (κ3) is 6.12. The van der Waals surface area contributed by atoms with Crippen molar-refractivity contribution in [1.82, 2.24) is 20.0 Å². The van der Waals surface area contributed by atoms with Crippen LogP contribution in [-0.2, 0) is 11.3 Å². The van der Waals surface area contributed by atoms with Crippen LogP contribution in [0.2, 0.25) is 0 Å². The van der Waals surface area contributed by atoms with Crippen LogP contribution < -0.4 is 14.8 Å². The van der Waals surface area contributed by atoms with Crippen molar-refractivity contribution in [1.29, 1.82) is 0 Å². The number of ether oxygens (including phenoxy) is 2. The number of nitrogens with one attached hydrogen (secondary N) is 1. The molecule has 3 heterocycles. The van der Waals surface area contributed by atoms with Crippen molar-refractivity contribution < 1.29 is 14.3 Å². The van der Waals surface area contributed by atoms with E-state index in [9.17, 15) is 4.79 Å². The number of rotatable bonds is 5. The predicted molar refractivity (Wildman–Crippen MR) is 117 cm³/mol. The second-order valence-electron chi connectivity index (χ2n) is 7.70. The SMILES string of the molecule is CNC(=O)CN1CCCC(N2CCN(Cc3ccc4c(c3)OCO4)CC2)C1.Cl.Cl. The van der Waals surface area contributed by atoms with Gasteiger partial charge in [0, 0.05) is 52.4 Å². The summed E-state index contributed by atoms with van der Waals surface area (Å²) in [5, 5.41) is 2.73. The maximum Gasteiger partial charge on any atom is 0.233 e. The van der Waals surface area contributed by atoms with E-state index >= 15 is 0 Å². The topological polar surface area (TPSA) is 57.3 Å². The molecule has 0 saturated carbocycles. The molecule has 4 rings (SSSR count). The van der Waals surface area contributed by atoms with Crippen LogP contribution in [0.3, 0.4) is 0 Å². The zero-order chi connectivity index (χ0) is 18.6. The number of piperidine rings is 1. The Balaban J connectivity index is 0.00000150. The van der Waals surface area contributed by atoms with Crippen molar-refractivity contribution in [2.24, 2.45) is 0 Å². The lowest BCUT2D eigenvalue weighted by atomic mass is 10.0. The molecule has 164 valence electrons. The van der Waals surface area contributed by atoms with Gasteiger partial charge in [-0.3, -0.25) is 19.5 Å². The number of carbonyl (C=O) groups is 1. The highest BCUT2D eigenvalue weighted by atomic mass is 35.5. The number of piperazine rings is 1. The van der Waals surface area contributed by atoms with Crippen LogP contribution in [0.1, 0.15) is 18.4 Å². The second-order valence-corrected chi connectivity index (χ2v) is 7.70. The van der Waals surface area contributed by atoms with E-state index in [0.717, 1.165) is 57.3 Å². The summed E-state index contributed by atoms with van der Waals surface area (Å²) >= 11 is 0. The number of amides is 1. The Kier molecular flexibility index (Phi) is 9.30. The van der Waals surface area contributed by atoms with Gasteiger partial charge in [0.1, 0.15) is 0 Å². The van der Waals surface area contributed by atoms with E-state index in [0.29, 0.717) is 19.4 Å². The summed E-state index contributed by atoms with van der Waals surface area (Å²) in [6.07, 6.45) is 2.42. The molecular formula is C20H32Cl2N4O3. The quantitative estimate of drug-likeness (QED) is 0.740. The molecule has 1 unspecified atom stereocenters. The first-order valence-electron chi connectivity index (χ1n) is 9.99. The van der Waals surface area contributed by atoms with Crippen LogP contribution in [0.15, 0.2) is 18.2 Å². The van der Waals surface area contributed by atoms with Gasteiger partial charge < -0.3 is 14.8 Å². The van der Waals surface area contributed by atoms with Gasteiger partial charge in [0.2, 0.25) is 12.7 Å². The van der Waals surface area contributed by atoms with Crippen molar-refractivity contribution in [2.45, 2.75) is 25.4 Å². The van der Waals surface area contributed by atoms with Gasteiger partial charge in [0.15, 0.2) is 11.5 Å². The van der Waals surface area contributed by atoms with Gasteiger partial charge in [0.05, 0.1) is 6.54 Å². The Morgan fingerprint density at radius 3 is 2.59 bits per heavy atom. The predicted octanol–water partition coefficient (Wildman–Crippen LogP) is 1.59. The molecule has 0 aliphatic carbocycles. The standard InChI is InChI=1S/C20H30N4O3.2ClH/c1-21-20(25)14-23-6-2-3-17(13-23)24-9-7-22(8-10-24)12-16-4-5-18-19(11-16)27-15-26-18;;/h4-5,11,17H,2-3,6-10,12-15H2,1H3,(H,21,25);2*1H. The van der Waals surface area contributed by atoms with E-state index < -0.39 is 0 Å². The normalized spacial score (nSPS) is 22.4. The summed E-state index contributed by atoms with van der Waals surface area (Å²) in [7, 11) is 1.71.